The number of hydrogen-bond acceptors (Lipinski definition) is 4. The Balaban J connectivity index is 2.30. The van der Waals surface area contributed by atoms with Gasteiger partial charge in [-0.3, -0.25) is 9.69 Å². The second-order valence-electron chi connectivity index (χ2n) is 4.13. The van der Waals surface area contributed by atoms with Gasteiger partial charge in [0.15, 0.2) is 0 Å². The Labute approximate surface area is 115 Å². The Hall–Kier alpha value is -2.89. The predicted molar refractivity (Wildman–Crippen MR) is 73.1 cm³/mol. The highest BCUT2D eigenvalue weighted by molar-refractivity contribution is 6.18. The molecule has 2 N–H and O–H groups in total. The van der Waals surface area contributed by atoms with Gasteiger partial charge in [-0.2, -0.15) is 0 Å². The van der Waals surface area contributed by atoms with Crippen LogP contribution in [0.3, 0.4) is 0 Å². The molecule has 6 nitrogen and oxygen atoms in total. The molecule has 6 heteroatoms. The van der Waals surface area contributed by atoms with Crippen LogP contribution >= 0.6 is 0 Å². The SMILES string of the molecule is CN1C(=O)/C(=C\c2ccc(O)cc2)N=C1/C=C/C(=O)O. The van der Waals surface area contributed by atoms with E-state index in [2.05, 4.69) is 4.99 Å². The smallest absolute Gasteiger partial charge is 0.328 e. The van der Waals surface area contributed by atoms with E-state index in [4.69, 9.17) is 5.11 Å². The fraction of sp³-hybridized carbons (Fsp3) is 0.0714. The summed E-state index contributed by atoms with van der Waals surface area (Å²) < 4.78 is 0. The van der Waals surface area contributed by atoms with Crippen LogP contribution in [0, 0.1) is 0 Å². The van der Waals surface area contributed by atoms with Crippen molar-refractivity contribution >= 4 is 23.8 Å². The highest BCUT2D eigenvalue weighted by Crippen LogP contribution is 2.19. The lowest BCUT2D eigenvalue weighted by molar-refractivity contribution is -0.131. The van der Waals surface area contributed by atoms with Crippen LogP contribution in [0.15, 0.2) is 47.1 Å². The Bertz CT molecular complexity index is 642. The number of carbonyl (C=O) groups excluding carboxylic acids is 1. The van der Waals surface area contributed by atoms with Gasteiger partial charge in [0, 0.05) is 13.1 Å². The van der Waals surface area contributed by atoms with Gasteiger partial charge in [0.05, 0.1) is 0 Å². The summed E-state index contributed by atoms with van der Waals surface area (Å²) in [6.07, 6.45) is 3.75. The predicted octanol–water partition coefficient (Wildman–Crippen LogP) is 1.24. The summed E-state index contributed by atoms with van der Waals surface area (Å²) in [5, 5.41) is 17.8. The van der Waals surface area contributed by atoms with Gasteiger partial charge in [0.1, 0.15) is 17.3 Å². The number of amidine groups is 1. The minimum atomic E-state index is -1.11. The maximum absolute atomic E-state index is 11.9. The summed E-state index contributed by atoms with van der Waals surface area (Å²) in [7, 11) is 1.52. The van der Waals surface area contributed by atoms with Crippen LogP contribution in [0.2, 0.25) is 0 Å². The number of rotatable bonds is 3. The third-order valence-corrected chi connectivity index (χ3v) is 2.67. The number of carboxylic acid groups (broad SMARTS) is 1. The van der Waals surface area contributed by atoms with Crippen LogP contribution in [0.1, 0.15) is 5.56 Å². The summed E-state index contributed by atoms with van der Waals surface area (Å²) in [5.41, 5.74) is 0.926. The number of hydrogen-bond donors (Lipinski definition) is 2. The van der Waals surface area contributed by atoms with E-state index in [0.29, 0.717) is 5.56 Å². The van der Waals surface area contributed by atoms with Crippen molar-refractivity contribution in [2.45, 2.75) is 0 Å². The van der Waals surface area contributed by atoms with Crippen molar-refractivity contribution in [3.8, 4) is 5.75 Å². The fourth-order valence-corrected chi connectivity index (χ4v) is 1.64. The third-order valence-electron chi connectivity index (χ3n) is 2.67. The number of carboxylic acids is 1. The molecule has 0 atom stereocenters. The van der Waals surface area contributed by atoms with Crippen molar-refractivity contribution in [2.75, 3.05) is 7.05 Å². The number of aromatic hydroxyl groups is 1. The zero-order valence-electron chi connectivity index (χ0n) is 10.6. The maximum Gasteiger partial charge on any atom is 0.328 e. The molecule has 0 saturated carbocycles. The zero-order chi connectivity index (χ0) is 14.7. The molecule has 1 amide bonds. The minimum Gasteiger partial charge on any atom is -0.508 e. The molecule has 0 saturated heterocycles. The maximum atomic E-state index is 11.9. The molecule has 0 aliphatic carbocycles. The van der Waals surface area contributed by atoms with Crippen LogP contribution in [0.25, 0.3) is 6.08 Å². The number of phenolic OH excluding ortho intramolecular Hbond substituents is 1. The Kier molecular flexibility index (Phi) is 3.65. The highest BCUT2D eigenvalue weighted by Gasteiger charge is 2.25. The topological polar surface area (TPSA) is 90.2 Å². The zero-order valence-corrected chi connectivity index (χ0v) is 10.6. The van der Waals surface area contributed by atoms with E-state index in [-0.39, 0.29) is 23.2 Å². The van der Waals surface area contributed by atoms with Crippen molar-refractivity contribution in [1.29, 1.82) is 0 Å². The quantitative estimate of drug-likeness (QED) is 0.810. The Morgan fingerprint density at radius 1 is 1.30 bits per heavy atom. The van der Waals surface area contributed by atoms with Crippen LogP contribution in [0.5, 0.6) is 5.75 Å². The van der Waals surface area contributed by atoms with E-state index in [1.165, 1.54) is 30.2 Å². The van der Waals surface area contributed by atoms with Crippen LogP contribution in [-0.4, -0.2) is 39.9 Å². The molecular formula is C14H12N2O4. The van der Waals surface area contributed by atoms with Gasteiger partial charge in [-0.05, 0) is 29.8 Å². The summed E-state index contributed by atoms with van der Waals surface area (Å²) in [6.45, 7) is 0. The van der Waals surface area contributed by atoms with Gasteiger partial charge in [-0.1, -0.05) is 12.1 Å². The Morgan fingerprint density at radius 3 is 2.55 bits per heavy atom. The lowest BCUT2D eigenvalue weighted by Gasteiger charge is -2.06. The van der Waals surface area contributed by atoms with Crippen molar-refractivity contribution in [2.24, 2.45) is 4.99 Å². The number of phenols is 1. The summed E-state index contributed by atoms with van der Waals surface area (Å²) >= 11 is 0. The van der Waals surface area contributed by atoms with E-state index in [0.717, 1.165) is 6.08 Å². The van der Waals surface area contributed by atoms with Gasteiger partial charge in [0.25, 0.3) is 5.91 Å². The average molecular weight is 272 g/mol. The van der Waals surface area contributed by atoms with Crippen molar-refractivity contribution in [1.82, 2.24) is 4.90 Å². The largest absolute Gasteiger partial charge is 0.508 e. The van der Waals surface area contributed by atoms with Crippen LogP contribution in [-0.2, 0) is 9.59 Å². The molecule has 20 heavy (non-hydrogen) atoms. The molecule has 0 bridgehead atoms. The first-order chi connectivity index (χ1) is 9.47. The van der Waals surface area contributed by atoms with Gasteiger partial charge in [-0.25, -0.2) is 9.79 Å². The lowest BCUT2D eigenvalue weighted by Crippen LogP contribution is -2.26. The third kappa shape index (κ3) is 2.92. The molecule has 102 valence electrons. The Morgan fingerprint density at radius 2 is 1.95 bits per heavy atom. The number of benzene rings is 1. The number of aliphatic imine (C=N–C) groups is 1. The van der Waals surface area contributed by atoms with E-state index < -0.39 is 5.97 Å². The fourth-order valence-electron chi connectivity index (χ4n) is 1.64. The lowest BCUT2D eigenvalue weighted by atomic mass is 10.2. The summed E-state index contributed by atoms with van der Waals surface area (Å²) in [4.78, 5) is 27.8. The standard InChI is InChI=1S/C14H12N2O4/c1-16-12(6-7-13(18)19)15-11(14(16)20)8-9-2-4-10(17)5-3-9/h2-8,17H,1H3,(H,18,19)/b7-6+,11-8+. The minimum absolute atomic E-state index is 0.135. The van der Waals surface area contributed by atoms with Crippen LogP contribution in [0.4, 0.5) is 0 Å². The van der Waals surface area contributed by atoms with E-state index in [9.17, 15) is 14.7 Å². The molecule has 1 heterocycles. The first-order valence-electron chi connectivity index (χ1n) is 5.76. The number of nitrogens with zero attached hydrogens (tertiary/aromatic N) is 2. The average Bonchev–Trinajstić information content (AvgIpc) is 2.67. The molecule has 1 aromatic rings. The molecule has 0 radical (unpaired) electrons. The van der Waals surface area contributed by atoms with E-state index in [1.54, 1.807) is 18.2 Å². The van der Waals surface area contributed by atoms with Gasteiger partial charge >= 0.3 is 5.97 Å². The van der Waals surface area contributed by atoms with E-state index in [1.807, 2.05) is 0 Å². The number of amides is 1. The first-order valence-corrected chi connectivity index (χ1v) is 5.76. The second kappa shape index (κ2) is 5.40. The number of likely N-dealkylation sites (N-methyl/N-ethyl adjacent to an activating group) is 1. The van der Waals surface area contributed by atoms with Crippen molar-refractivity contribution < 1.29 is 19.8 Å². The highest BCUT2D eigenvalue weighted by atomic mass is 16.4. The van der Waals surface area contributed by atoms with Crippen molar-refractivity contribution in [3.63, 3.8) is 0 Å². The van der Waals surface area contributed by atoms with Gasteiger partial charge < -0.3 is 10.2 Å². The monoisotopic (exact) mass is 272 g/mol. The second-order valence-corrected chi connectivity index (χ2v) is 4.13. The molecule has 1 aliphatic heterocycles. The van der Waals surface area contributed by atoms with Crippen LogP contribution < -0.4 is 0 Å². The number of aliphatic carboxylic acids is 1. The van der Waals surface area contributed by atoms with Gasteiger partial charge in [-0.15, -0.1) is 0 Å². The van der Waals surface area contributed by atoms with Crippen molar-refractivity contribution in [3.05, 3.63) is 47.7 Å². The van der Waals surface area contributed by atoms with Gasteiger partial charge in [0.2, 0.25) is 0 Å². The molecule has 0 aromatic heterocycles. The summed E-state index contributed by atoms with van der Waals surface area (Å²) in [6, 6.07) is 6.31. The molecular weight excluding hydrogens is 260 g/mol. The normalized spacial score (nSPS) is 17.1. The van der Waals surface area contributed by atoms with E-state index >= 15 is 0 Å². The first kappa shape index (κ1) is 13.5. The molecule has 0 fully saturated rings. The summed E-state index contributed by atoms with van der Waals surface area (Å²) in [5.74, 6) is -1.02. The number of carbonyl (C=O) groups is 2. The molecule has 2 rings (SSSR count). The molecule has 1 aliphatic rings. The molecule has 0 unspecified atom stereocenters. The molecule has 1 aromatic carbocycles. The molecule has 0 spiro atoms.